The van der Waals surface area contributed by atoms with Crippen molar-refractivity contribution in [2.45, 2.75) is 6.18 Å². The maximum atomic E-state index is 13.2. The summed E-state index contributed by atoms with van der Waals surface area (Å²) in [7, 11) is 0. The molecule has 1 aromatic heterocycles. The number of rotatable bonds is 3. The Morgan fingerprint density at radius 1 is 0.912 bits per heavy atom. The van der Waals surface area contributed by atoms with E-state index in [1.165, 1.54) is 53.2 Å². The third-order valence-corrected chi connectivity index (χ3v) is 5.24. The monoisotopic (exact) mass is 469 g/mol. The molecule has 4 amide bonds. The fourth-order valence-electron chi connectivity index (χ4n) is 3.64. The lowest BCUT2D eigenvalue weighted by atomic mass is 10.1. The van der Waals surface area contributed by atoms with Gasteiger partial charge in [0.25, 0.3) is 11.8 Å². The van der Waals surface area contributed by atoms with E-state index in [-0.39, 0.29) is 29.4 Å². The number of anilines is 1. The number of imide groups is 2. The summed E-state index contributed by atoms with van der Waals surface area (Å²) in [5, 5.41) is 2.11. The molecule has 0 radical (unpaired) electrons. The van der Waals surface area contributed by atoms with Crippen LogP contribution in [0.25, 0.3) is 11.8 Å². The highest BCUT2D eigenvalue weighted by atomic mass is 19.4. The van der Waals surface area contributed by atoms with E-state index in [4.69, 9.17) is 9.47 Å². The number of carbonyl (C=O) groups is 3. The second-order valence-corrected chi connectivity index (χ2v) is 7.35. The Bertz CT molecular complexity index is 1380. The molecule has 0 spiro atoms. The van der Waals surface area contributed by atoms with E-state index < -0.39 is 29.6 Å². The molecule has 8 nitrogen and oxygen atoms in total. The van der Waals surface area contributed by atoms with Gasteiger partial charge in [-0.3, -0.25) is 14.9 Å². The van der Waals surface area contributed by atoms with Gasteiger partial charge in [-0.05, 0) is 48.5 Å². The molecule has 2 aromatic carbocycles. The lowest BCUT2D eigenvalue weighted by Gasteiger charge is -2.26. The summed E-state index contributed by atoms with van der Waals surface area (Å²) in [5.41, 5.74) is -0.622. The third kappa shape index (κ3) is 3.66. The number of amides is 4. The quantitative estimate of drug-likeness (QED) is 0.465. The number of carbonyl (C=O) groups excluding carboxylic acids is 3. The average Bonchev–Trinajstić information content (AvgIpc) is 3.45. The molecule has 0 unspecified atom stereocenters. The number of hydrogen-bond donors (Lipinski definition) is 1. The molecule has 0 aliphatic carbocycles. The molecule has 3 aromatic rings. The van der Waals surface area contributed by atoms with E-state index in [1.807, 2.05) is 0 Å². The highest BCUT2D eigenvalue weighted by Crippen LogP contribution is 2.36. The molecule has 2 aliphatic heterocycles. The molecular formula is C23H14F3N3O5. The first-order chi connectivity index (χ1) is 16.2. The van der Waals surface area contributed by atoms with Crippen LogP contribution in [-0.2, 0) is 15.8 Å². The van der Waals surface area contributed by atoms with Gasteiger partial charge in [-0.2, -0.15) is 13.2 Å². The summed E-state index contributed by atoms with van der Waals surface area (Å²) >= 11 is 0. The van der Waals surface area contributed by atoms with E-state index in [9.17, 15) is 27.6 Å². The van der Waals surface area contributed by atoms with Crippen molar-refractivity contribution in [1.29, 1.82) is 0 Å². The van der Waals surface area contributed by atoms with Crippen LogP contribution >= 0.6 is 0 Å². The van der Waals surface area contributed by atoms with Crippen LogP contribution in [0.3, 0.4) is 0 Å². The number of nitrogens with one attached hydrogen (secondary N) is 1. The molecule has 3 heterocycles. The second kappa shape index (κ2) is 7.80. The standard InChI is InChI=1S/C23H14F3N3O5/c24-23(25,26)13-3-1-4-14(9-13)28-8-2-5-15(28)10-17-20(30)27-22(32)29(21(17)31)16-6-7-18-19(11-16)34-12-33-18/h1-11H,12H2,(H,27,30,32)/b17-10-. The van der Waals surface area contributed by atoms with Crippen LogP contribution in [0.5, 0.6) is 11.5 Å². The number of aromatic nitrogens is 1. The van der Waals surface area contributed by atoms with E-state index in [1.54, 1.807) is 6.07 Å². The molecule has 2 aliphatic rings. The fraction of sp³-hybridized carbons (Fsp3) is 0.0870. The van der Waals surface area contributed by atoms with Gasteiger partial charge in [0.1, 0.15) is 5.57 Å². The number of halogens is 3. The Hall–Kier alpha value is -4.54. The van der Waals surface area contributed by atoms with E-state index in [2.05, 4.69) is 5.32 Å². The number of alkyl halides is 3. The van der Waals surface area contributed by atoms with Gasteiger partial charge in [-0.25, -0.2) is 9.69 Å². The van der Waals surface area contributed by atoms with Crippen LogP contribution in [0.1, 0.15) is 11.3 Å². The van der Waals surface area contributed by atoms with Crippen LogP contribution in [0, 0.1) is 0 Å². The first-order valence-electron chi connectivity index (χ1n) is 9.88. The number of nitrogens with zero attached hydrogens (tertiary/aromatic N) is 2. The van der Waals surface area contributed by atoms with E-state index in [0.29, 0.717) is 11.5 Å². The Morgan fingerprint density at radius 2 is 1.71 bits per heavy atom. The normalized spacial score (nSPS) is 16.9. The van der Waals surface area contributed by atoms with Gasteiger partial charge in [0.2, 0.25) is 6.79 Å². The number of fused-ring (bicyclic) bond motifs is 1. The summed E-state index contributed by atoms with van der Waals surface area (Å²) in [6.07, 6.45) is -1.83. The number of benzene rings is 2. The van der Waals surface area contributed by atoms with Gasteiger partial charge in [0, 0.05) is 23.6 Å². The lowest BCUT2D eigenvalue weighted by molar-refractivity contribution is -0.137. The van der Waals surface area contributed by atoms with Crippen molar-refractivity contribution in [3.63, 3.8) is 0 Å². The van der Waals surface area contributed by atoms with Gasteiger partial charge in [0.05, 0.1) is 11.3 Å². The molecule has 1 N–H and O–H groups in total. The minimum atomic E-state index is -4.54. The molecule has 0 bridgehead atoms. The molecule has 11 heteroatoms. The number of barbiturate groups is 1. The summed E-state index contributed by atoms with van der Waals surface area (Å²) in [4.78, 5) is 38.9. The molecule has 0 atom stereocenters. The van der Waals surface area contributed by atoms with Crippen molar-refractivity contribution in [1.82, 2.24) is 9.88 Å². The highest BCUT2D eigenvalue weighted by Gasteiger charge is 2.37. The average molecular weight is 469 g/mol. The molecule has 1 fully saturated rings. The minimum absolute atomic E-state index is 0.00486. The Labute approximate surface area is 189 Å². The van der Waals surface area contributed by atoms with Crippen LogP contribution in [-0.4, -0.2) is 29.2 Å². The number of urea groups is 1. The van der Waals surface area contributed by atoms with Gasteiger partial charge in [0.15, 0.2) is 11.5 Å². The maximum absolute atomic E-state index is 13.2. The predicted molar refractivity (Wildman–Crippen MR) is 112 cm³/mol. The first-order valence-corrected chi connectivity index (χ1v) is 9.88. The number of ether oxygens (including phenoxy) is 2. The molecule has 172 valence electrons. The highest BCUT2D eigenvalue weighted by molar-refractivity contribution is 6.39. The molecular weight excluding hydrogens is 455 g/mol. The smallest absolute Gasteiger partial charge is 0.416 e. The van der Waals surface area contributed by atoms with Crippen molar-refractivity contribution in [2.24, 2.45) is 0 Å². The Balaban J connectivity index is 1.52. The summed E-state index contributed by atoms with van der Waals surface area (Å²) in [5.74, 6) is -1.05. The predicted octanol–water partition coefficient (Wildman–Crippen LogP) is 3.89. The second-order valence-electron chi connectivity index (χ2n) is 7.35. The summed E-state index contributed by atoms with van der Waals surface area (Å²) < 4.78 is 51.3. The van der Waals surface area contributed by atoms with Gasteiger partial charge in [-0.1, -0.05) is 6.07 Å². The maximum Gasteiger partial charge on any atom is 0.416 e. The largest absolute Gasteiger partial charge is 0.454 e. The minimum Gasteiger partial charge on any atom is -0.454 e. The molecule has 34 heavy (non-hydrogen) atoms. The van der Waals surface area contributed by atoms with Crippen molar-refractivity contribution in [3.05, 3.63) is 77.6 Å². The first kappa shape index (κ1) is 21.3. The topological polar surface area (TPSA) is 89.9 Å². The van der Waals surface area contributed by atoms with Crippen molar-refractivity contribution < 1.29 is 37.0 Å². The van der Waals surface area contributed by atoms with Gasteiger partial charge in [-0.15, -0.1) is 0 Å². The van der Waals surface area contributed by atoms with E-state index in [0.717, 1.165) is 17.0 Å². The zero-order valence-electron chi connectivity index (χ0n) is 17.1. The lowest BCUT2D eigenvalue weighted by Crippen LogP contribution is -2.54. The van der Waals surface area contributed by atoms with Crippen LogP contribution in [0.15, 0.2) is 66.4 Å². The van der Waals surface area contributed by atoms with Crippen molar-refractivity contribution >= 4 is 29.6 Å². The van der Waals surface area contributed by atoms with Crippen LogP contribution in [0.2, 0.25) is 0 Å². The summed E-state index contributed by atoms with van der Waals surface area (Å²) in [6.45, 7) is -0.00486. The molecule has 0 saturated carbocycles. The molecule has 5 rings (SSSR count). The van der Waals surface area contributed by atoms with Crippen molar-refractivity contribution in [3.8, 4) is 17.2 Å². The van der Waals surface area contributed by atoms with Gasteiger partial charge >= 0.3 is 12.2 Å². The third-order valence-electron chi connectivity index (χ3n) is 5.24. The number of hydrogen-bond acceptors (Lipinski definition) is 5. The SMILES string of the molecule is O=C1NC(=O)N(c2ccc3c(c2)OCO3)C(=O)/C1=C\c1cccn1-c1cccc(C(F)(F)F)c1. The van der Waals surface area contributed by atoms with E-state index >= 15 is 0 Å². The van der Waals surface area contributed by atoms with Crippen LogP contribution < -0.4 is 19.7 Å². The van der Waals surface area contributed by atoms with Gasteiger partial charge < -0.3 is 14.0 Å². The van der Waals surface area contributed by atoms with Crippen LogP contribution in [0.4, 0.5) is 23.7 Å². The zero-order valence-corrected chi connectivity index (χ0v) is 17.1. The molecule has 1 saturated heterocycles. The summed E-state index contributed by atoms with van der Waals surface area (Å²) in [6, 6.07) is 11.2. The van der Waals surface area contributed by atoms with Crippen molar-refractivity contribution in [2.75, 3.05) is 11.7 Å². The Kier molecular flexibility index (Phi) is 4.89. The zero-order chi connectivity index (χ0) is 24.0. The Morgan fingerprint density at radius 3 is 2.50 bits per heavy atom. The fourth-order valence-corrected chi connectivity index (χ4v) is 3.64.